The van der Waals surface area contributed by atoms with Gasteiger partial charge in [-0.2, -0.15) is 0 Å². The summed E-state index contributed by atoms with van der Waals surface area (Å²) in [6.07, 6.45) is 4.08. The lowest BCUT2D eigenvalue weighted by Crippen LogP contribution is -2.26. The number of amides is 1. The summed E-state index contributed by atoms with van der Waals surface area (Å²) in [6, 6.07) is 15.9. The quantitative estimate of drug-likeness (QED) is 0.803. The third kappa shape index (κ3) is 4.83. The lowest BCUT2D eigenvalue weighted by molar-refractivity contribution is 0.0937. The number of nitrogens with one attached hydrogen (secondary N) is 1. The SMILES string of the molecule is COCCNC(=O)c1ccc(/C=C/C2=NCCN(C)c3ccccc32)cc1. The van der Waals surface area contributed by atoms with Crippen molar-refractivity contribution in [2.45, 2.75) is 0 Å². The van der Waals surface area contributed by atoms with Gasteiger partial charge in [0.25, 0.3) is 5.91 Å². The molecule has 0 saturated carbocycles. The van der Waals surface area contributed by atoms with Crippen LogP contribution < -0.4 is 10.2 Å². The van der Waals surface area contributed by atoms with Crippen LogP contribution in [0.3, 0.4) is 0 Å². The molecule has 1 N–H and O–H groups in total. The summed E-state index contributed by atoms with van der Waals surface area (Å²) in [5, 5.41) is 2.82. The van der Waals surface area contributed by atoms with Gasteiger partial charge >= 0.3 is 0 Å². The number of hydrogen-bond acceptors (Lipinski definition) is 4. The maximum Gasteiger partial charge on any atom is 0.251 e. The van der Waals surface area contributed by atoms with Crippen LogP contribution in [0.1, 0.15) is 21.5 Å². The van der Waals surface area contributed by atoms with Crippen LogP contribution in [0.15, 0.2) is 59.6 Å². The molecule has 0 spiro atoms. The smallest absolute Gasteiger partial charge is 0.251 e. The minimum Gasteiger partial charge on any atom is -0.383 e. The number of aliphatic imine (C=N–C) groups is 1. The van der Waals surface area contributed by atoms with Crippen LogP contribution in [0.2, 0.25) is 0 Å². The second-order valence-corrected chi connectivity index (χ2v) is 6.41. The molecule has 0 bridgehead atoms. The maximum atomic E-state index is 12.0. The third-order valence-electron chi connectivity index (χ3n) is 4.51. The van der Waals surface area contributed by atoms with Gasteiger partial charge in [-0.05, 0) is 29.8 Å². The van der Waals surface area contributed by atoms with Gasteiger partial charge in [0, 0.05) is 44.1 Å². The molecular formula is C22H25N3O2. The highest BCUT2D eigenvalue weighted by molar-refractivity contribution is 6.14. The molecule has 0 aromatic heterocycles. The first-order chi connectivity index (χ1) is 13.2. The van der Waals surface area contributed by atoms with Crippen molar-refractivity contribution in [3.05, 3.63) is 71.3 Å². The molecule has 3 rings (SSSR count). The van der Waals surface area contributed by atoms with Gasteiger partial charge in [-0.15, -0.1) is 0 Å². The van der Waals surface area contributed by atoms with Crippen LogP contribution >= 0.6 is 0 Å². The molecule has 0 unspecified atom stereocenters. The molecule has 1 heterocycles. The van der Waals surface area contributed by atoms with E-state index in [1.807, 2.05) is 42.5 Å². The van der Waals surface area contributed by atoms with Crippen molar-refractivity contribution < 1.29 is 9.53 Å². The molecule has 5 nitrogen and oxygen atoms in total. The minimum absolute atomic E-state index is 0.0901. The van der Waals surface area contributed by atoms with Gasteiger partial charge in [-0.1, -0.05) is 36.4 Å². The second-order valence-electron chi connectivity index (χ2n) is 6.41. The lowest BCUT2D eigenvalue weighted by atomic mass is 10.0. The zero-order chi connectivity index (χ0) is 19.1. The number of likely N-dealkylation sites (N-methyl/N-ethyl adjacent to an activating group) is 1. The second kappa shape index (κ2) is 9.14. The predicted octanol–water partition coefficient (Wildman–Crippen LogP) is 3.02. The van der Waals surface area contributed by atoms with E-state index in [4.69, 9.17) is 9.73 Å². The number of anilines is 1. The summed E-state index contributed by atoms with van der Waals surface area (Å²) < 4.78 is 4.94. The predicted molar refractivity (Wildman–Crippen MR) is 111 cm³/mol. The largest absolute Gasteiger partial charge is 0.383 e. The third-order valence-corrected chi connectivity index (χ3v) is 4.51. The van der Waals surface area contributed by atoms with Crippen molar-refractivity contribution in [2.24, 2.45) is 4.99 Å². The van der Waals surface area contributed by atoms with Crippen molar-refractivity contribution in [3.8, 4) is 0 Å². The van der Waals surface area contributed by atoms with E-state index in [0.29, 0.717) is 18.7 Å². The van der Waals surface area contributed by atoms with Gasteiger partial charge in [0.15, 0.2) is 0 Å². The normalized spacial score (nSPS) is 13.9. The van der Waals surface area contributed by atoms with Crippen LogP contribution in [0, 0.1) is 0 Å². The number of allylic oxidation sites excluding steroid dienone is 1. The standard InChI is InChI=1S/C22H25N3O2/c1-25-15-13-23-20(19-5-3-4-6-21(19)25)12-9-17-7-10-18(11-8-17)22(26)24-14-16-27-2/h3-12H,13-16H2,1-2H3,(H,24,26)/b12-9+. The molecular weight excluding hydrogens is 338 g/mol. The molecule has 0 atom stereocenters. The highest BCUT2D eigenvalue weighted by Gasteiger charge is 2.13. The molecule has 27 heavy (non-hydrogen) atoms. The first-order valence-electron chi connectivity index (χ1n) is 9.09. The highest BCUT2D eigenvalue weighted by Crippen LogP contribution is 2.23. The fourth-order valence-electron chi connectivity index (χ4n) is 2.98. The van der Waals surface area contributed by atoms with Crippen LogP contribution in [-0.2, 0) is 4.74 Å². The fraction of sp³-hybridized carbons (Fsp3) is 0.273. The molecule has 140 valence electrons. The average molecular weight is 363 g/mol. The van der Waals surface area contributed by atoms with Crippen molar-refractivity contribution in [1.82, 2.24) is 5.32 Å². The molecule has 0 fully saturated rings. The Kier molecular flexibility index (Phi) is 6.39. The monoisotopic (exact) mass is 363 g/mol. The van der Waals surface area contributed by atoms with Gasteiger partial charge in [-0.25, -0.2) is 0 Å². The lowest BCUT2D eigenvalue weighted by Gasteiger charge is -2.18. The molecule has 0 saturated heterocycles. The molecule has 1 aliphatic rings. The van der Waals surface area contributed by atoms with Gasteiger partial charge in [-0.3, -0.25) is 9.79 Å². The number of ether oxygens (including phenoxy) is 1. The topological polar surface area (TPSA) is 53.9 Å². The van der Waals surface area contributed by atoms with E-state index in [1.165, 1.54) is 5.69 Å². The van der Waals surface area contributed by atoms with Crippen molar-refractivity contribution >= 4 is 23.4 Å². The number of carbonyl (C=O) groups excluding carboxylic acids is 1. The minimum atomic E-state index is -0.0901. The van der Waals surface area contributed by atoms with Crippen molar-refractivity contribution in [2.75, 3.05) is 45.3 Å². The number of para-hydroxylation sites is 1. The zero-order valence-electron chi connectivity index (χ0n) is 15.8. The molecule has 2 aromatic rings. The summed E-state index contributed by atoms with van der Waals surface area (Å²) in [7, 11) is 3.71. The van der Waals surface area contributed by atoms with Crippen molar-refractivity contribution in [3.63, 3.8) is 0 Å². The maximum absolute atomic E-state index is 12.0. The summed E-state index contributed by atoms with van der Waals surface area (Å²) in [5.41, 5.74) is 4.99. The number of rotatable bonds is 6. The number of benzene rings is 2. The molecule has 0 radical (unpaired) electrons. The number of benzodiazepines with no additional fused rings is 1. The Morgan fingerprint density at radius 3 is 2.74 bits per heavy atom. The van der Waals surface area contributed by atoms with Crippen molar-refractivity contribution in [1.29, 1.82) is 0 Å². The molecule has 2 aromatic carbocycles. The zero-order valence-corrected chi connectivity index (χ0v) is 15.8. The number of fused-ring (bicyclic) bond motifs is 1. The summed E-state index contributed by atoms with van der Waals surface area (Å²) in [4.78, 5) is 19.0. The summed E-state index contributed by atoms with van der Waals surface area (Å²) in [6.45, 7) is 2.68. The molecule has 1 amide bonds. The van der Waals surface area contributed by atoms with Crippen LogP contribution in [0.4, 0.5) is 5.69 Å². The van der Waals surface area contributed by atoms with Gasteiger partial charge in [0.1, 0.15) is 0 Å². The van der Waals surface area contributed by atoms with E-state index in [1.54, 1.807) is 7.11 Å². The van der Waals surface area contributed by atoms with Gasteiger partial charge in [0.05, 0.1) is 18.9 Å². The van der Waals surface area contributed by atoms with Crippen LogP contribution in [-0.4, -0.2) is 52.0 Å². The number of hydrogen-bond donors (Lipinski definition) is 1. The Bertz CT molecular complexity index is 841. The van der Waals surface area contributed by atoms with Gasteiger partial charge < -0.3 is 15.0 Å². The Labute approximate surface area is 160 Å². The highest BCUT2D eigenvalue weighted by atomic mass is 16.5. The average Bonchev–Trinajstić information content (AvgIpc) is 2.86. The summed E-state index contributed by atoms with van der Waals surface area (Å²) in [5.74, 6) is -0.0901. The number of nitrogens with zero attached hydrogens (tertiary/aromatic N) is 2. The molecule has 1 aliphatic heterocycles. The van der Waals surface area contributed by atoms with Gasteiger partial charge in [0.2, 0.25) is 0 Å². The molecule has 0 aliphatic carbocycles. The first kappa shape index (κ1) is 18.9. The number of carbonyl (C=O) groups is 1. The Morgan fingerprint density at radius 2 is 1.96 bits per heavy atom. The molecule has 5 heteroatoms. The number of methoxy groups -OCH3 is 1. The Hall–Kier alpha value is -2.92. The van der Waals surface area contributed by atoms with E-state index < -0.39 is 0 Å². The Balaban J connectivity index is 1.72. The van der Waals surface area contributed by atoms with Crippen LogP contribution in [0.25, 0.3) is 6.08 Å². The van der Waals surface area contributed by atoms with E-state index in [9.17, 15) is 4.79 Å². The van der Waals surface area contributed by atoms with Crippen LogP contribution in [0.5, 0.6) is 0 Å². The van der Waals surface area contributed by atoms with E-state index >= 15 is 0 Å². The van der Waals surface area contributed by atoms with E-state index in [-0.39, 0.29) is 5.91 Å². The first-order valence-corrected chi connectivity index (χ1v) is 9.09. The van der Waals surface area contributed by atoms with E-state index in [2.05, 4.69) is 35.5 Å². The van der Waals surface area contributed by atoms with E-state index in [0.717, 1.165) is 29.9 Å². The Morgan fingerprint density at radius 1 is 1.19 bits per heavy atom. The fourth-order valence-corrected chi connectivity index (χ4v) is 2.98. The summed E-state index contributed by atoms with van der Waals surface area (Å²) >= 11 is 0.